The fourth-order valence-electron chi connectivity index (χ4n) is 2.19. The van der Waals surface area contributed by atoms with E-state index < -0.39 is 10.0 Å². The molecule has 1 aliphatic rings. The van der Waals surface area contributed by atoms with Gasteiger partial charge < -0.3 is 5.11 Å². The van der Waals surface area contributed by atoms with Gasteiger partial charge >= 0.3 is 0 Å². The van der Waals surface area contributed by atoms with E-state index >= 15 is 0 Å². The second-order valence-electron chi connectivity index (χ2n) is 4.32. The van der Waals surface area contributed by atoms with Gasteiger partial charge in [-0.05, 0) is 25.2 Å². The predicted molar refractivity (Wildman–Crippen MR) is 61.8 cm³/mol. The highest BCUT2D eigenvalue weighted by atomic mass is 32.2. The van der Waals surface area contributed by atoms with Crippen LogP contribution in [0.4, 0.5) is 0 Å². The van der Waals surface area contributed by atoms with Gasteiger partial charge in [-0.3, -0.25) is 5.10 Å². The van der Waals surface area contributed by atoms with Crippen LogP contribution in [-0.4, -0.2) is 47.7 Å². The summed E-state index contributed by atoms with van der Waals surface area (Å²) in [5.74, 6) is 0.260. The van der Waals surface area contributed by atoms with Gasteiger partial charge in [0.05, 0.1) is 6.20 Å². The number of nitrogens with one attached hydrogen (secondary N) is 1. The minimum atomic E-state index is -3.41. The Morgan fingerprint density at radius 3 is 3.06 bits per heavy atom. The monoisotopic (exact) mass is 259 g/mol. The van der Waals surface area contributed by atoms with Crippen LogP contribution in [0.25, 0.3) is 0 Å². The summed E-state index contributed by atoms with van der Waals surface area (Å²) in [5.41, 5.74) is 0. The van der Waals surface area contributed by atoms with Gasteiger partial charge in [-0.25, -0.2) is 8.42 Å². The molecule has 0 saturated carbocycles. The first kappa shape index (κ1) is 12.5. The molecule has 96 valence electrons. The first-order valence-electron chi connectivity index (χ1n) is 5.74. The normalized spacial score (nSPS) is 22.8. The summed E-state index contributed by atoms with van der Waals surface area (Å²) in [4.78, 5) is 0.210. The number of hydrogen-bond acceptors (Lipinski definition) is 4. The van der Waals surface area contributed by atoms with Gasteiger partial charge in [0, 0.05) is 25.9 Å². The van der Waals surface area contributed by atoms with E-state index in [1.165, 1.54) is 16.7 Å². The topological polar surface area (TPSA) is 86.3 Å². The van der Waals surface area contributed by atoms with E-state index in [2.05, 4.69) is 10.2 Å². The van der Waals surface area contributed by atoms with Crippen molar-refractivity contribution in [3.05, 3.63) is 12.4 Å². The molecule has 2 rings (SSSR count). The molecule has 0 aromatic carbocycles. The molecule has 2 heterocycles. The summed E-state index contributed by atoms with van der Waals surface area (Å²) >= 11 is 0. The number of nitrogens with zero attached hydrogens (tertiary/aromatic N) is 2. The van der Waals surface area contributed by atoms with Crippen molar-refractivity contribution in [2.75, 3.05) is 19.7 Å². The summed E-state index contributed by atoms with van der Waals surface area (Å²) in [7, 11) is -3.41. The van der Waals surface area contributed by atoms with Crippen molar-refractivity contribution >= 4 is 10.0 Å². The van der Waals surface area contributed by atoms with Gasteiger partial charge in [-0.15, -0.1) is 0 Å². The Balaban J connectivity index is 2.12. The smallest absolute Gasteiger partial charge is 0.246 e. The van der Waals surface area contributed by atoms with E-state index in [9.17, 15) is 8.42 Å². The molecule has 1 aromatic rings. The molecular weight excluding hydrogens is 242 g/mol. The van der Waals surface area contributed by atoms with Crippen LogP contribution in [0.3, 0.4) is 0 Å². The van der Waals surface area contributed by atoms with Crippen LogP contribution in [0.1, 0.15) is 19.3 Å². The Hall–Kier alpha value is -0.920. The molecule has 0 aliphatic carbocycles. The first-order chi connectivity index (χ1) is 8.14. The molecule has 6 nitrogen and oxygen atoms in total. The van der Waals surface area contributed by atoms with Crippen molar-refractivity contribution in [2.45, 2.75) is 24.2 Å². The summed E-state index contributed by atoms with van der Waals surface area (Å²) in [5, 5.41) is 15.1. The molecule has 1 aliphatic heterocycles. The molecule has 7 heteroatoms. The Kier molecular flexibility index (Phi) is 3.80. The number of hydrogen-bond donors (Lipinski definition) is 2. The number of aliphatic hydroxyl groups excluding tert-OH is 1. The molecule has 1 aromatic heterocycles. The van der Waals surface area contributed by atoms with Crippen LogP contribution in [0.2, 0.25) is 0 Å². The molecule has 0 spiro atoms. The summed E-state index contributed by atoms with van der Waals surface area (Å²) in [6.07, 6.45) is 5.22. The van der Waals surface area contributed by atoms with Gasteiger partial charge in [0.15, 0.2) is 0 Å². The minimum Gasteiger partial charge on any atom is -0.396 e. The van der Waals surface area contributed by atoms with Gasteiger partial charge in [-0.2, -0.15) is 9.40 Å². The molecule has 1 atom stereocenters. The van der Waals surface area contributed by atoms with Crippen molar-refractivity contribution in [2.24, 2.45) is 5.92 Å². The Morgan fingerprint density at radius 1 is 1.59 bits per heavy atom. The van der Waals surface area contributed by atoms with Crippen molar-refractivity contribution in [3.63, 3.8) is 0 Å². The number of piperidine rings is 1. The lowest BCUT2D eigenvalue weighted by molar-refractivity contribution is 0.203. The largest absolute Gasteiger partial charge is 0.396 e. The van der Waals surface area contributed by atoms with E-state index in [0.29, 0.717) is 19.5 Å². The number of aliphatic hydroxyl groups is 1. The van der Waals surface area contributed by atoms with Crippen molar-refractivity contribution in [1.82, 2.24) is 14.5 Å². The molecular formula is C10H17N3O3S. The predicted octanol–water partition coefficient (Wildman–Crippen LogP) is 0.193. The number of aromatic nitrogens is 2. The molecule has 1 saturated heterocycles. The lowest BCUT2D eigenvalue weighted by Crippen LogP contribution is -2.40. The fraction of sp³-hybridized carbons (Fsp3) is 0.700. The van der Waals surface area contributed by atoms with Crippen LogP contribution in [0, 0.1) is 5.92 Å². The first-order valence-corrected chi connectivity index (χ1v) is 7.18. The maximum atomic E-state index is 12.2. The highest BCUT2D eigenvalue weighted by Gasteiger charge is 2.30. The number of rotatable bonds is 4. The second-order valence-corrected chi connectivity index (χ2v) is 6.26. The molecule has 2 N–H and O–H groups in total. The Bertz CT molecular complexity index is 441. The zero-order chi connectivity index (χ0) is 12.3. The van der Waals surface area contributed by atoms with Gasteiger partial charge in [0.1, 0.15) is 4.90 Å². The fourth-order valence-corrected chi connectivity index (χ4v) is 3.65. The zero-order valence-corrected chi connectivity index (χ0v) is 10.4. The number of sulfonamides is 1. The van der Waals surface area contributed by atoms with Gasteiger partial charge in [0.2, 0.25) is 10.0 Å². The van der Waals surface area contributed by atoms with E-state index in [1.807, 2.05) is 0 Å². The third-order valence-electron chi connectivity index (χ3n) is 3.13. The summed E-state index contributed by atoms with van der Waals surface area (Å²) in [6.45, 7) is 1.16. The van der Waals surface area contributed by atoms with Crippen molar-refractivity contribution in [1.29, 1.82) is 0 Å². The standard InChI is InChI=1S/C10H17N3O3S/c14-5-3-9-2-1-4-13(8-9)17(15,16)10-6-11-12-7-10/h6-7,9,14H,1-5,8H2,(H,11,12). The van der Waals surface area contributed by atoms with Crippen molar-refractivity contribution in [3.8, 4) is 0 Å². The third-order valence-corrected chi connectivity index (χ3v) is 4.96. The van der Waals surface area contributed by atoms with Gasteiger partial charge in [0.25, 0.3) is 0 Å². The average molecular weight is 259 g/mol. The van der Waals surface area contributed by atoms with Crippen LogP contribution in [0.15, 0.2) is 17.3 Å². The van der Waals surface area contributed by atoms with Crippen LogP contribution < -0.4 is 0 Å². The summed E-state index contributed by atoms with van der Waals surface area (Å²) < 4.78 is 25.9. The second kappa shape index (κ2) is 5.16. The number of H-pyrrole nitrogens is 1. The van der Waals surface area contributed by atoms with Gasteiger partial charge in [-0.1, -0.05) is 0 Å². The molecule has 1 unspecified atom stereocenters. The van der Waals surface area contributed by atoms with E-state index in [0.717, 1.165) is 12.8 Å². The lowest BCUT2D eigenvalue weighted by Gasteiger charge is -2.31. The molecule has 0 radical (unpaired) electrons. The quantitative estimate of drug-likeness (QED) is 0.808. The van der Waals surface area contributed by atoms with E-state index in [-0.39, 0.29) is 17.4 Å². The zero-order valence-electron chi connectivity index (χ0n) is 9.54. The van der Waals surface area contributed by atoms with E-state index in [4.69, 9.17) is 5.11 Å². The minimum absolute atomic E-state index is 0.115. The average Bonchev–Trinajstić information content (AvgIpc) is 2.84. The van der Waals surface area contributed by atoms with Crippen molar-refractivity contribution < 1.29 is 13.5 Å². The highest BCUT2D eigenvalue weighted by molar-refractivity contribution is 7.89. The van der Waals surface area contributed by atoms with Crippen LogP contribution in [0.5, 0.6) is 0 Å². The molecule has 0 amide bonds. The lowest BCUT2D eigenvalue weighted by atomic mass is 9.97. The Labute approximate surface area is 101 Å². The molecule has 1 fully saturated rings. The third kappa shape index (κ3) is 2.67. The van der Waals surface area contributed by atoms with E-state index in [1.54, 1.807) is 0 Å². The van der Waals surface area contributed by atoms with Crippen LogP contribution in [-0.2, 0) is 10.0 Å². The summed E-state index contributed by atoms with van der Waals surface area (Å²) in [6, 6.07) is 0. The maximum Gasteiger partial charge on any atom is 0.246 e. The number of aromatic amines is 1. The molecule has 17 heavy (non-hydrogen) atoms. The highest BCUT2D eigenvalue weighted by Crippen LogP contribution is 2.24. The maximum absolute atomic E-state index is 12.2. The van der Waals surface area contributed by atoms with Crippen LogP contribution >= 0.6 is 0 Å². The molecule has 0 bridgehead atoms. The SMILES string of the molecule is O=S(=O)(c1cn[nH]c1)N1CCCC(CCO)C1. The Morgan fingerprint density at radius 2 is 2.41 bits per heavy atom.